The first kappa shape index (κ1) is 16.4. The van der Waals surface area contributed by atoms with E-state index in [1.54, 1.807) is 0 Å². The van der Waals surface area contributed by atoms with Crippen LogP contribution in [0.1, 0.15) is 25.7 Å². The number of hydrogen-bond donors (Lipinski definition) is 2. The molecule has 3 aromatic heterocycles. The second-order valence-corrected chi connectivity index (χ2v) is 7.20. The summed E-state index contributed by atoms with van der Waals surface area (Å²) in [5.41, 5.74) is 0.897. The summed E-state index contributed by atoms with van der Waals surface area (Å²) in [6.07, 6.45) is 10.2. The highest BCUT2D eigenvalue weighted by Gasteiger charge is 2.27. The maximum Gasteiger partial charge on any atom is 0.245 e. The van der Waals surface area contributed by atoms with Crippen molar-refractivity contribution in [3.63, 3.8) is 0 Å². The number of hydrogen-bond acceptors (Lipinski definition) is 7. The molecule has 142 valence electrons. The van der Waals surface area contributed by atoms with Crippen LogP contribution >= 0.6 is 0 Å². The molecule has 3 aromatic rings. The van der Waals surface area contributed by atoms with Crippen molar-refractivity contribution in [3.05, 3.63) is 30.9 Å². The molecule has 0 saturated carbocycles. The Kier molecular flexibility index (Phi) is 4.08. The van der Waals surface area contributed by atoms with Crippen LogP contribution in [0.5, 0.6) is 0 Å². The molecule has 9 nitrogen and oxygen atoms in total. The molecule has 2 aliphatic rings. The zero-order chi connectivity index (χ0) is 18.2. The van der Waals surface area contributed by atoms with Crippen molar-refractivity contribution in [2.75, 3.05) is 41.5 Å². The van der Waals surface area contributed by atoms with Crippen molar-refractivity contribution in [2.24, 2.45) is 0 Å². The van der Waals surface area contributed by atoms with Crippen molar-refractivity contribution in [1.29, 1.82) is 0 Å². The standard InChI is InChI=1S/C18H24N8O/c27-12-14-5-3-9-25(14)18-21-17(15-6-4-10-26(15)22-18)20-16-11-24(13-19-16)23-7-1-2-8-23/h4,6,10-11,13-14,27H,1-3,5,7-9,12H2,(H,20,21,22)/t14-/m0/s1. The van der Waals surface area contributed by atoms with Gasteiger partial charge in [0.2, 0.25) is 5.95 Å². The second kappa shape index (κ2) is 6.73. The Morgan fingerprint density at radius 3 is 2.93 bits per heavy atom. The highest BCUT2D eigenvalue weighted by molar-refractivity contribution is 5.73. The fourth-order valence-corrected chi connectivity index (χ4v) is 4.01. The van der Waals surface area contributed by atoms with Gasteiger partial charge in [0.25, 0.3) is 0 Å². The highest BCUT2D eigenvalue weighted by atomic mass is 16.3. The van der Waals surface area contributed by atoms with Gasteiger partial charge in [-0.1, -0.05) is 0 Å². The zero-order valence-electron chi connectivity index (χ0n) is 15.2. The SMILES string of the molecule is OC[C@@H]1CCCN1c1nc(Nc2cn(N3CCCC3)cn2)c2cccn2n1. The lowest BCUT2D eigenvalue weighted by molar-refractivity contribution is 0.265. The molecule has 0 radical (unpaired) electrons. The van der Waals surface area contributed by atoms with Crippen molar-refractivity contribution in [1.82, 2.24) is 24.3 Å². The van der Waals surface area contributed by atoms with Crippen molar-refractivity contribution in [3.8, 4) is 0 Å². The summed E-state index contributed by atoms with van der Waals surface area (Å²) in [5, 5.41) is 19.9. The molecule has 2 saturated heterocycles. The fourth-order valence-electron chi connectivity index (χ4n) is 4.01. The number of rotatable bonds is 5. The summed E-state index contributed by atoms with van der Waals surface area (Å²) < 4.78 is 3.88. The molecule has 2 fully saturated rings. The zero-order valence-corrected chi connectivity index (χ0v) is 15.2. The van der Waals surface area contributed by atoms with Gasteiger partial charge in [0, 0.05) is 25.8 Å². The maximum absolute atomic E-state index is 9.65. The Labute approximate surface area is 157 Å². The first-order valence-corrected chi connectivity index (χ1v) is 9.61. The number of anilines is 3. The minimum absolute atomic E-state index is 0.0836. The van der Waals surface area contributed by atoms with Gasteiger partial charge in [0.15, 0.2) is 11.6 Å². The lowest BCUT2D eigenvalue weighted by Crippen LogP contribution is -2.34. The molecule has 5 rings (SSSR count). The van der Waals surface area contributed by atoms with Gasteiger partial charge >= 0.3 is 0 Å². The van der Waals surface area contributed by atoms with E-state index in [0.717, 1.165) is 49.6 Å². The number of aliphatic hydroxyl groups excluding tert-OH is 1. The Morgan fingerprint density at radius 1 is 1.19 bits per heavy atom. The molecular formula is C18H24N8O. The van der Waals surface area contributed by atoms with Crippen LogP contribution in [0.3, 0.4) is 0 Å². The van der Waals surface area contributed by atoms with Crippen LogP contribution in [-0.4, -0.2) is 61.6 Å². The van der Waals surface area contributed by atoms with Crippen LogP contribution < -0.4 is 15.2 Å². The van der Waals surface area contributed by atoms with E-state index in [0.29, 0.717) is 5.95 Å². The van der Waals surface area contributed by atoms with Crippen molar-refractivity contribution < 1.29 is 5.11 Å². The molecule has 5 heterocycles. The van der Waals surface area contributed by atoms with Crippen LogP contribution in [0.25, 0.3) is 5.52 Å². The molecule has 9 heteroatoms. The van der Waals surface area contributed by atoms with Crippen LogP contribution in [0, 0.1) is 0 Å². The van der Waals surface area contributed by atoms with E-state index < -0.39 is 0 Å². The molecule has 0 aliphatic carbocycles. The van der Waals surface area contributed by atoms with Gasteiger partial charge in [-0.15, -0.1) is 5.10 Å². The Bertz CT molecular complexity index is 928. The van der Waals surface area contributed by atoms with Gasteiger partial charge in [-0.3, -0.25) is 4.68 Å². The lowest BCUT2D eigenvalue weighted by atomic mass is 10.2. The van der Waals surface area contributed by atoms with Crippen LogP contribution in [0.2, 0.25) is 0 Å². The minimum atomic E-state index is 0.0836. The summed E-state index contributed by atoms with van der Waals surface area (Å²) in [5.74, 6) is 2.12. The third-order valence-corrected chi connectivity index (χ3v) is 5.45. The molecule has 0 bridgehead atoms. The average molecular weight is 368 g/mol. The number of aromatic nitrogens is 5. The summed E-state index contributed by atoms with van der Waals surface area (Å²) in [6.45, 7) is 3.11. The molecule has 0 spiro atoms. The average Bonchev–Trinajstić information content (AvgIpc) is 3.47. The van der Waals surface area contributed by atoms with Gasteiger partial charge in [-0.05, 0) is 37.8 Å². The third-order valence-electron chi connectivity index (χ3n) is 5.45. The Hall–Kier alpha value is -2.81. The fraction of sp³-hybridized carbons (Fsp3) is 0.500. The molecule has 0 aromatic carbocycles. The lowest BCUT2D eigenvalue weighted by Gasteiger charge is -2.23. The monoisotopic (exact) mass is 368 g/mol. The number of nitrogens with one attached hydrogen (secondary N) is 1. The highest BCUT2D eigenvalue weighted by Crippen LogP contribution is 2.26. The maximum atomic E-state index is 9.65. The van der Waals surface area contributed by atoms with Crippen LogP contribution in [0.15, 0.2) is 30.9 Å². The predicted molar refractivity (Wildman–Crippen MR) is 103 cm³/mol. The molecule has 1 atom stereocenters. The molecule has 0 amide bonds. The molecule has 2 N–H and O–H groups in total. The summed E-state index contributed by atoms with van der Waals surface area (Å²) >= 11 is 0. The van der Waals surface area contributed by atoms with E-state index in [4.69, 9.17) is 4.98 Å². The molecular weight excluding hydrogens is 344 g/mol. The first-order chi connectivity index (χ1) is 13.3. The summed E-state index contributed by atoms with van der Waals surface area (Å²) in [7, 11) is 0. The van der Waals surface area contributed by atoms with Crippen LogP contribution in [-0.2, 0) is 0 Å². The van der Waals surface area contributed by atoms with Gasteiger partial charge in [0.1, 0.15) is 11.8 Å². The minimum Gasteiger partial charge on any atom is -0.394 e. The number of nitrogens with zero attached hydrogens (tertiary/aromatic N) is 7. The van der Waals surface area contributed by atoms with E-state index >= 15 is 0 Å². The van der Waals surface area contributed by atoms with Crippen LogP contribution in [0.4, 0.5) is 17.6 Å². The number of aliphatic hydroxyl groups is 1. The smallest absolute Gasteiger partial charge is 0.245 e. The van der Waals surface area contributed by atoms with Gasteiger partial charge in [0.05, 0.1) is 18.8 Å². The van der Waals surface area contributed by atoms with Gasteiger partial charge < -0.3 is 20.3 Å². The van der Waals surface area contributed by atoms with Crippen molar-refractivity contribution in [2.45, 2.75) is 31.7 Å². The van der Waals surface area contributed by atoms with E-state index in [9.17, 15) is 5.11 Å². The summed E-state index contributed by atoms with van der Waals surface area (Å²) in [6, 6.07) is 4.02. The summed E-state index contributed by atoms with van der Waals surface area (Å²) in [4.78, 5) is 11.3. The third kappa shape index (κ3) is 2.97. The second-order valence-electron chi connectivity index (χ2n) is 7.20. The molecule has 0 unspecified atom stereocenters. The van der Waals surface area contributed by atoms with E-state index in [2.05, 4.69) is 30.0 Å². The normalized spacial score (nSPS) is 20.1. The van der Waals surface area contributed by atoms with Crippen molar-refractivity contribution >= 4 is 23.1 Å². The van der Waals surface area contributed by atoms with E-state index in [-0.39, 0.29) is 12.6 Å². The van der Waals surface area contributed by atoms with E-state index in [1.165, 1.54) is 12.8 Å². The number of fused-ring (bicyclic) bond motifs is 1. The molecule has 27 heavy (non-hydrogen) atoms. The topological polar surface area (TPSA) is 86.8 Å². The largest absolute Gasteiger partial charge is 0.394 e. The Balaban J connectivity index is 1.46. The molecule has 2 aliphatic heterocycles. The van der Waals surface area contributed by atoms with Gasteiger partial charge in [-0.25, -0.2) is 9.50 Å². The first-order valence-electron chi connectivity index (χ1n) is 9.61. The quantitative estimate of drug-likeness (QED) is 0.703. The Morgan fingerprint density at radius 2 is 2.07 bits per heavy atom. The van der Waals surface area contributed by atoms with Gasteiger partial charge in [-0.2, -0.15) is 4.98 Å². The van der Waals surface area contributed by atoms with E-state index in [1.807, 2.05) is 35.4 Å². The number of imidazole rings is 1. The predicted octanol–water partition coefficient (Wildman–Crippen LogP) is 1.36.